The predicted octanol–water partition coefficient (Wildman–Crippen LogP) is 0.541. The topological polar surface area (TPSA) is 83.3 Å². The molecule has 0 aliphatic carbocycles. The van der Waals surface area contributed by atoms with E-state index in [9.17, 15) is 15.0 Å². The van der Waals surface area contributed by atoms with Gasteiger partial charge in [0.1, 0.15) is 6.10 Å². The van der Waals surface area contributed by atoms with Crippen LogP contribution >= 0.6 is 11.8 Å². The standard InChI is InChI=1S/C10H14N2O3S/c1-7(13)16-5-2-9(14)10(15)8-6-11-3-4-12-8/h3-4,6,9-10,14-15H,2,5H2,1H3. The molecule has 2 atom stereocenters. The number of hydrogen-bond donors (Lipinski definition) is 2. The SMILES string of the molecule is CC(=O)SCCC(O)C(O)c1cnccn1. The van der Waals surface area contributed by atoms with Crippen molar-refractivity contribution in [3.8, 4) is 0 Å². The van der Waals surface area contributed by atoms with Gasteiger partial charge in [-0.15, -0.1) is 0 Å². The van der Waals surface area contributed by atoms with Gasteiger partial charge in [-0.1, -0.05) is 11.8 Å². The first-order valence-electron chi connectivity index (χ1n) is 4.86. The van der Waals surface area contributed by atoms with Crippen LogP contribution in [0.25, 0.3) is 0 Å². The molecule has 6 heteroatoms. The van der Waals surface area contributed by atoms with Crippen LogP contribution in [0.15, 0.2) is 18.6 Å². The second-order valence-corrected chi connectivity index (χ2v) is 4.54. The Kier molecular flexibility index (Phi) is 5.37. The summed E-state index contributed by atoms with van der Waals surface area (Å²) in [5, 5.41) is 19.4. The number of aliphatic hydroxyl groups is 2. The molecule has 0 bridgehead atoms. The Bertz CT molecular complexity index is 334. The Balaban J connectivity index is 2.42. The number of aromatic nitrogens is 2. The highest BCUT2D eigenvalue weighted by Gasteiger charge is 2.19. The Morgan fingerprint density at radius 1 is 1.50 bits per heavy atom. The minimum absolute atomic E-state index is 0.00110. The second kappa shape index (κ2) is 6.57. The summed E-state index contributed by atoms with van der Waals surface area (Å²) in [7, 11) is 0. The Labute approximate surface area is 97.9 Å². The van der Waals surface area contributed by atoms with Gasteiger partial charge in [0, 0.05) is 25.1 Å². The molecule has 0 fully saturated rings. The Morgan fingerprint density at radius 3 is 2.81 bits per heavy atom. The van der Waals surface area contributed by atoms with Crippen LogP contribution in [-0.4, -0.2) is 37.2 Å². The number of carbonyl (C=O) groups excluding carboxylic acids is 1. The van der Waals surface area contributed by atoms with Crippen LogP contribution in [0.5, 0.6) is 0 Å². The molecule has 0 radical (unpaired) electrons. The zero-order valence-corrected chi connectivity index (χ0v) is 9.72. The first kappa shape index (κ1) is 13.1. The van der Waals surface area contributed by atoms with Crippen molar-refractivity contribution in [2.75, 3.05) is 5.75 Å². The van der Waals surface area contributed by atoms with Gasteiger partial charge in [0.25, 0.3) is 0 Å². The lowest BCUT2D eigenvalue weighted by Gasteiger charge is -2.16. The van der Waals surface area contributed by atoms with Crippen molar-refractivity contribution in [3.05, 3.63) is 24.3 Å². The van der Waals surface area contributed by atoms with E-state index in [0.29, 0.717) is 17.9 Å². The number of nitrogens with zero attached hydrogens (tertiary/aromatic N) is 2. The molecule has 5 nitrogen and oxygen atoms in total. The van der Waals surface area contributed by atoms with Gasteiger partial charge in [-0.2, -0.15) is 0 Å². The maximum absolute atomic E-state index is 10.7. The Morgan fingerprint density at radius 2 is 2.25 bits per heavy atom. The van der Waals surface area contributed by atoms with E-state index in [0.717, 1.165) is 11.8 Å². The predicted molar refractivity (Wildman–Crippen MR) is 60.8 cm³/mol. The van der Waals surface area contributed by atoms with E-state index in [1.54, 1.807) is 0 Å². The average Bonchev–Trinajstić information content (AvgIpc) is 2.28. The van der Waals surface area contributed by atoms with Crippen LogP contribution in [0.4, 0.5) is 0 Å². The highest BCUT2D eigenvalue weighted by atomic mass is 32.2. The van der Waals surface area contributed by atoms with E-state index in [4.69, 9.17) is 0 Å². The minimum Gasteiger partial charge on any atom is -0.390 e. The van der Waals surface area contributed by atoms with Crippen molar-refractivity contribution in [1.82, 2.24) is 9.97 Å². The zero-order valence-electron chi connectivity index (χ0n) is 8.91. The van der Waals surface area contributed by atoms with Crippen molar-refractivity contribution in [2.45, 2.75) is 25.6 Å². The van der Waals surface area contributed by atoms with Gasteiger partial charge in [0.15, 0.2) is 5.12 Å². The lowest BCUT2D eigenvalue weighted by atomic mass is 10.1. The van der Waals surface area contributed by atoms with E-state index in [2.05, 4.69) is 9.97 Å². The summed E-state index contributed by atoms with van der Waals surface area (Å²) < 4.78 is 0. The fourth-order valence-electron chi connectivity index (χ4n) is 1.14. The van der Waals surface area contributed by atoms with E-state index in [1.165, 1.54) is 25.5 Å². The van der Waals surface area contributed by atoms with E-state index in [1.807, 2.05) is 0 Å². The van der Waals surface area contributed by atoms with Gasteiger partial charge >= 0.3 is 0 Å². The molecular weight excluding hydrogens is 228 g/mol. The normalized spacial score (nSPS) is 14.4. The first-order chi connectivity index (χ1) is 7.61. The van der Waals surface area contributed by atoms with Gasteiger partial charge in [-0.3, -0.25) is 14.8 Å². The number of thioether (sulfide) groups is 1. The third-order valence-corrected chi connectivity index (χ3v) is 2.82. The van der Waals surface area contributed by atoms with Crippen LogP contribution in [-0.2, 0) is 4.79 Å². The van der Waals surface area contributed by atoms with Crippen molar-refractivity contribution in [3.63, 3.8) is 0 Å². The third-order valence-electron chi connectivity index (χ3n) is 1.97. The van der Waals surface area contributed by atoms with E-state index in [-0.39, 0.29) is 5.12 Å². The van der Waals surface area contributed by atoms with Gasteiger partial charge < -0.3 is 10.2 Å². The summed E-state index contributed by atoms with van der Waals surface area (Å²) in [5.74, 6) is 0.480. The lowest BCUT2D eigenvalue weighted by molar-refractivity contribution is -0.109. The summed E-state index contributed by atoms with van der Waals surface area (Å²) >= 11 is 1.13. The van der Waals surface area contributed by atoms with Crippen LogP contribution in [0, 0.1) is 0 Å². The molecule has 1 aromatic heterocycles. The van der Waals surface area contributed by atoms with Gasteiger partial charge in [0.2, 0.25) is 0 Å². The second-order valence-electron chi connectivity index (χ2n) is 3.27. The fraction of sp³-hybridized carbons (Fsp3) is 0.500. The van der Waals surface area contributed by atoms with Crippen LogP contribution in [0.3, 0.4) is 0 Å². The summed E-state index contributed by atoms with van der Waals surface area (Å²) in [6.45, 7) is 1.47. The lowest BCUT2D eigenvalue weighted by Crippen LogP contribution is -2.20. The number of rotatable bonds is 5. The molecule has 0 aromatic carbocycles. The van der Waals surface area contributed by atoms with Gasteiger partial charge in [0.05, 0.1) is 18.0 Å². The largest absolute Gasteiger partial charge is 0.390 e. The van der Waals surface area contributed by atoms with E-state index >= 15 is 0 Å². The molecule has 0 saturated carbocycles. The highest BCUT2D eigenvalue weighted by molar-refractivity contribution is 8.13. The molecule has 88 valence electrons. The summed E-state index contributed by atoms with van der Waals surface area (Å²) in [6, 6.07) is 0. The summed E-state index contributed by atoms with van der Waals surface area (Å²) in [5.41, 5.74) is 0.336. The van der Waals surface area contributed by atoms with Crippen molar-refractivity contribution in [1.29, 1.82) is 0 Å². The monoisotopic (exact) mass is 242 g/mol. The molecule has 2 unspecified atom stereocenters. The third kappa shape index (κ3) is 4.26. The van der Waals surface area contributed by atoms with E-state index < -0.39 is 12.2 Å². The summed E-state index contributed by atoms with van der Waals surface area (Å²) in [4.78, 5) is 18.4. The molecule has 2 N–H and O–H groups in total. The molecule has 0 saturated heterocycles. The minimum atomic E-state index is -1.05. The van der Waals surface area contributed by atoms with Crippen LogP contribution < -0.4 is 0 Å². The van der Waals surface area contributed by atoms with Crippen molar-refractivity contribution >= 4 is 16.9 Å². The zero-order chi connectivity index (χ0) is 12.0. The molecule has 0 amide bonds. The number of aliphatic hydroxyl groups excluding tert-OH is 2. The molecular formula is C10H14N2O3S. The Hall–Kier alpha value is -0.980. The van der Waals surface area contributed by atoms with Crippen LogP contribution in [0.1, 0.15) is 25.1 Å². The maximum Gasteiger partial charge on any atom is 0.185 e. The molecule has 1 rings (SSSR count). The van der Waals surface area contributed by atoms with Crippen molar-refractivity contribution in [2.24, 2.45) is 0 Å². The van der Waals surface area contributed by atoms with Gasteiger partial charge in [-0.05, 0) is 6.42 Å². The van der Waals surface area contributed by atoms with Crippen LogP contribution in [0.2, 0.25) is 0 Å². The molecule has 1 heterocycles. The molecule has 16 heavy (non-hydrogen) atoms. The molecule has 0 spiro atoms. The number of carbonyl (C=O) groups is 1. The van der Waals surface area contributed by atoms with Crippen molar-refractivity contribution < 1.29 is 15.0 Å². The fourth-order valence-corrected chi connectivity index (χ4v) is 1.79. The average molecular weight is 242 g/mol. The molecule has 1 aromatic rings. The highest BCUT2D eigenvalue weighted by Crippen LogP contribution is 2.17. The quantitative estimate of drug-likeness (QED) is 0.784. The molecule has 0 aliphatic heterocycles. The summed E-state index contributed by atoms with van der Waals surface area (Å²) in [6.07, 6.45) is 2.71. The van der Waals surface area contributed by atoms with Gasteiger partial charge in [-0.25, -0.2) is 0 Å². The first-order valence-corrected chi connectivity index (χ1v) is 5.85. The molecule has 0 aliphatic rings. The maximum atomic E-state index is 10.7. The smallest absolute Gasteiger partial charge is 0.185 e. The number of hydrogen-bond acceptors (Lipinski definition) is 6.